The van der Waals surface area contributed by atoms with Crippen molar-refractivity contribution in [2.75, 3.05) is 19.0 Å². The van der Waals surface area contributed by atoms with Crippen LogP contribution < -0.4 is 15.4 Å². The highest BCUT2D eigenvalue weighted by atomic mass is 35.5. The van der Waals surface area contributed by atoms with E-state index in [4.69, 9.17) is 16.3 Å². The Morgan fingerprint density at radius 2 is 1.96 bits per heavy atom. The molecule has 5 nitrogen and oxygen atoms in total. The first-order chi connectivity index (χ1) is 13.7. The Morgan fingerprint density at radius 1 is 1.11 bits per heavy atom. The average molecular weight is 396 g/mol. The molecule has 0 saturated heterocycles. The van der Waals surface area contributed by atoms with Crippen LogP contribution in [0.25, 0.3) is 0 Å². The first-order valence-corrected chi connectivity index (χ1v) is 9.38. The number of aromatic nitrogens is 1. The van der Waals surface area contributed by atoms with Crippen molar-refractivity contribution in [1.82, 2.24) is 10.3 Å². The third kappa shape index (κ3) is 5.47. The molecule has 0 aliphatic heterocycles. The van der Waals surface area contributed by atoms with Crippen molar-refractivity contribution in [3.05, 3.63) is 88.6 Å². The maximum Gasteiger partial charge on any atom is 0.253 e. The predicted octanol–water partition coefficient (Wildman–Crippen LogP) is 4.33. The van der Waals surface area contributed by atoms with Gasteiger partial charge in [0.1, 0.15) is 11.6 Å². The number of rotatable bonds is 8. The number of hydrogen-bond acceptors (Lipinski definition) is 4. The number of carbonyl (C=O) groups is 1. The minimum absolute atomic E-state index is 0.177. The van der Waals surface area contributed by atoms with Crippen molar-refractivity contribution in [3.63, 3.8) is 0 Å². The van der Waals surface area contributed by atoms with Crippen molar-refractivity contribution in [2.24, 2.45) is 0 Å². The van der Waals surface area contributed by atoms with Gasteiger partial charge in [0.25, 0.3) is 5.91 Å². The Kier molecular flexibility index (Phi) is 6.87. The number of para-hydroxylation sites is 1. The van der Waals surface area contributed by atoms with Crippen molar-refractivity contribution in [3.8, 4) is 5.75 Å². The molecule has 2 N–H and O–H groups in total. The van der Waals surface area contributed by atoms with Gasteiger partial charge in [-0.1, -0.05) is 41.9 Å². The van der Waals surface area contributed by atoms with E-state index in [0.717, 1.165) is 40.7 Å². The van der Waals surface area contributed by atoms with E-state index in [-0.39, 0.29) is 5.91 Å². The number of pyridine rings is 1. The maximum atomic E-state index is 12.3. The Labute approximate surface area is 169 Å². The molecule has 0 saturated carbocycles. The highest BCUT2D eigenvalue weighted by molar-refractivity contribution is 6.30. The van der Waals surface area contributed by atoms with Crippen LogP contribution in [0.3, 0.4) is 0 Å². The molecule has 0 spiro atoms. The summed E-state index contributed by atoms with van der Waals surface area (Å²) in [7, 11) is 1.61. The molecule has 2 aromatic carbocycles. The molecule has 6 heteroatoms. The summed E-state index contributed by atoms with van der Waals surface area (Å²) in [5.74, 6) is 1.30. The maximum absolute atomic E-state index is 12.3. The van der Waals surface area contributed by atoms with Gasteiger partial charge in [0.15, 0.2) is 0 Å². The summed E-state index contributed by atoms with van der Waals surface area (Å²) in [6.07, 6.45) is 2.41. The van der Waals surface area contributed by atoms with E-state index >= 15 is 0 Å². The molecule has 1 aromatic heterocycles. The molecule has 0 bridgehead atoms. The van der Waals surface area contributed by atoms with Gasteiger partial charge in [-0.15, -0.1) is 0 Å². The molecule has 0 atom stereocenters. The summed E-state index contributed by atoms with van der Waals surface area (Å²) < 4.78 is 5.30. The van der Waals surface area contributed by atoms with Crippen molar-refractivity contribution in [2.45, 2.75) is 13.0 Å². The van der Waals surface area contributed by atoms with Crippen LogP contribution in [0.4, 0.5) is 5.82 Å². The first-order valence-electron chi connectivity index (χ1n) is 9.00. The van der Waals surface area contributed by atoms with Crippen LogP contribution in [-0.4, -0.2) is 24.5 Å². The fraction of sp³-hybridized carbons (Fsp3) is 0.182. The number of amides is 1. The predicted molar refractivity (Wildman–Crippen MR) is 112 cm³/mol. The van der Waals surface area contributed by atoms with Crippen LogP contribution in [0.1, 0.15) is 21.5 Å². The highest BCUT2D eigenvalue weighted by Crippen LogP contribution is 2.17. The largest absolute Gasteiger partial charge is 0.496 e. The smallest absolute Gasteiger partial charge is 0.253 e. The molecule has 0 radical (unpaired) electrons. The number of nitrogens with zero attached hydrogens (tertiary/aromatic N) is 1. The van der Waals surface area contributed by atoms with E-state index in [1.165, 1.54) is 0 Å². The third-order valence-corrected chi connectivity index (χ3v) is 4.50. The normalized spacial score (nSPS) is 10.4. The number of carbonyl (C=O) groups excluding carboxylic acids is 1. The van der Waals surface area contributed by atoms with E-state index in [1.807, 2.05) is 48.5 Å². The van der Waals surface area contributed by atoms with Crippen molar-refractivity contribution < 1.29 is 9.53 Å². The zero-order valence-corrected chi connectivity index (χ0v) is 16.4. The summed E-state index contributed by atoms with van der Waals surface area (Å²) in [5.41, 5.74) is 2.59. The molecular formula is C22H22ClN3O2. The van der Waals surface area contributed by atoms with Gasteiger partial charge in [0.2, 0.25) is 0 Å². The molecule has 1 amide bonds. The average Bonchev–Trinajstić information content (AvgIpc) is 2.73. The van der Waals surface area contributed by atoms with Gasteiger partial charge in [-0.05, 0) is 42.3 Å². The summed E-state index contributed by atoms with van der Waals surface area (Å²) in [6.45, 7) is 1.12. The van der Waals surface area contributed by atoms with Gasteiger partial charge in [0, 0.05) is 29.9 Å². The fourth-order valence-corrected chi connectivity index (χ4v) is 3.00. The van der Waals surface area contributed by atoms with Gasteiger partial charge in [-0.3, -0.25) is 4.79 Å². The van der Waals surface area contributed by atoms with E-state index in [2.05, 4.69) is 15.6 Å². The number of anilines is 1. The number of methoxy groups -OCH3 is 1. The number of halogens is 1. The third-order valence-electron chi connectivity index (χ3n) is 4.27. The van der Waals surface area contributed by atoms with Crippen LogP contribution in [0.2, 0.25) is 5.02 Å². The number of benzene rings is 2. The van der Waals surface area contributed by atoms with Crippen LogP contribution in [0, 0.1) is 0 Å². The van der Waals surface area contributed by atoms with Crippen molar-refractivity contribution >= 4 is 23.3 Å². The van der Waals surface area contributed by atoms with Crippen molar-refractivity contribution in [1.29, 1.82) is 0 Å². The summed E-state index contributed by atoms with van der Waals surface area (Å²) >= 11 is 5.99. The van der Waals surface area contributed by atoms with Crippen LogP contribution >= 0.6 is 11.6 Å². The second-order valence-electron chi connectivity index (χ2n) is 6.23. The number of ether oxygens (including phenoxy) is 1. The lowest BCUT2D eigenvalue weighted by atomic mass is 10.1. The monoisotopic (exact) mass is 395 g/mol. The zero-order chi connectivity index (χ0) is 19.8. The summed E-state index contributed by atoms with van der Waals surface area (Å²) in [5, 5.41) is 6.87. The second-order valence-corrected chi connectivity index (χ2v) is 6.67. The quantitative estimate of drug-likeness (QED) is 0.596. The lowest BCUT2D eigenvalue weighted by molar-refractivity contribution is 0.0950. The van der Waals surface area contributed by atoms with E-state index in [9.17, 15) is 4.79 Å². The van der Waals surface area contributed by atoms with Crippen LogP contribution in [0.15, 0.2) is 66.9 Å². The summed E-state index contributed by atoms with van der Waals surface area (Å²) in [4.78, 5) is 16.6. The standard InChI is InChI=1S/C22H22ClN3O2/c1-28-20-8-3-2-6-17(20)14-26-22(27)18-9-10-21(25-15-18)24-12-11-16-5-4-7-19(23)13-16/h2-10,13,15H,11-12,14H2,1H3,(H,24,25)(H,26,27). The number of hydrogen-bond donors (Lipinski definition) is 2. The lowest BCUT2D eigenvalue weighted by Gasteiger charge is -2.10. The Balaban J connectivity index is 1.50. The molecule has 0 unspecified atom stereocenters. The molecule has 28 heavy (non-hydrogen) atoms. The van der Waals surface area contributed by atoms with Gasteiger partial charge < -0.3 is 15.4 Å². The Morgan fingerprint density at radius 3 is 2.71 bits per heavy atom. The molecule has 0 aliphatic rings. The minimum atomic E-state index is -0.177. The zero-order valence-electron chi connectivity index (χ0n) is 15.6. The van der Waals surface area contributed by atoms with Gasteiger partial charge >= 0.3 is 0 Å². The SMILES string of the molecule is COc1ccccc1CNC(=O)c1ccc(NCCc2cccc(Cl)c2)nc1. The molecule has 1 heterocycles. The number of nitrogens with one attached hydrogen (secondary N) is 2. The van der Waals surface area contributed by atoms with Gasteiger partial charge in [0.05, 0.1) is 12.7 Å². The Bertz CT molecular complexity index is 929. The lowest BCUT2D eigenvalue weighted by Crippen LogP contribution is -2.23. The minimum Gasteiger partial charge on any atom is -0.496 e. The summed E-state index contributed by atoms with van der Waals surface area (Å²) in [6, 6.07) is 18.9. The van der Waals surface area contributed by atoms with Gasteiger partial charge in [-0.2, -0.15) is 0 Å². The van der Waals surface area contributed by atoms with E-state index in [1.54, 1.807) is 25.4 Å². The second kappa shape index (κ2) is 9.76. The molecule has 0 aliphatic carbocycles. The van der Waals surface area contributed by atoms with Crippen LogP contribution in [-0.2, 0) is 13.0 Å². The van der Waals surface area contributed by atoms with E-state index in [0.29, 0.717) is 12.1 Å². The highest BCUT2D eigenvalue weighted by Gasteiger charge is 2.08. The fourth-order valence-electron chi connectivity index (χ4n) is 2.79. The molecular weight excluding hydrogens is 374 g/mol. The van der Waals surface area contributed by atoms with Gasteiger partial charge in [-0.25, -0.2) is 4.98 Å². The molecule has 3 rings (SSSR count). The van der Waals surface area contributed by atoms with E-state index < -0.39 is 0 Å². The first kappa shape index (κ1) is 19.7. The Hall–Kier alpha value is -3.05. The molecule has 0 fully saturated rings. The van der Waals surface area contributed by atoms with Crippen LogP contribution in [0.5, 0.6) is 5.75 Å². The molecule has 3 aromatic rings. The topological polar surface area (TPSA) is 63.2 Å². The molecule has 144 valence electrons.